The molecule has 0 heterocycles. The van der Waals surface area contributed by atoms with Crippen LogP contribution < -0.4 is 10.0 Å². The van der Waals surface area contributed by atoms with Gasteiger partial charge in [-0.1, -0.05) is 19.3 Å². The average Bonchev–Trinajstić information content (AvgIpc) is 3.00. The fourth-order valence-corrected chi connectivity index (χ4v) is 3.99. The van der Waals surface area contributed by atoms with Gasteiger partial charge in [-0.05, 0) is 32.6 Å². The summed E-state index contributed by atoms with van der Waals surface area (Å²) in [6.45, 7) is 2.62. The Bertz CT molecular complexity index is 344. The number of nitrogens with one attached hydrogen (secondary N) is 2. The van der Waals surface area contributed by atoms with E-state index >= 15 is 0 Å². The minimum Gasteiger partial charge on any atom is -0.313 e. The highest BCUT2D eigenvalue weighted by molar-refractivity contribution is 7.89. The Hall–Kier alpha value is -0.130. The molecule has 0 aromatic rings. The first-order valence-corrected chi connectivity index (χ1v) is 8.39. The van der Waals surface area contributed by atoms with Crippen molar-refractivity contribution in [3.8, 4) is 0 Å². The molecule has 2 aliphatic carbocycles. The van der Waals surface area contributed by atoms with Gasteiger partial charge in [-0.2, -0.15) is 0 Å². The zero-order chi connectivity index (χ0) is 12.4. The highest BCUT2D eigenvalue weighted by atomic mass is 32.2. The van der Waals surface area contributed by atoms with E-state index in [4.69, 9.17) is 0 Å². The topological polar surface area (TPSA) is 58.2 Å². The third-order valence-corrected chi connectivity index (χ3v) is 5.29. The van der Waals surface area contributed by atoms with Crippen LogP contribution in [0, 0.1) is 0 Å². The summed E-state index contributed by atoms with van der Waals surface area (Å²) >= 11 is 0. The van der Waals surface area contributed by atoms with Gasteiger partial charge < -0.3 is 5.32 Å². The van der Waals surface area contributed by atoms with E-state index in [0.29, 0.717) is 12.6 Å². The maximum atomic E-state index is 12.0. The van der Waals surface area contributed by atoms with Crippen LogP contribution in [-0.4, -0.2) is 32.3 Å². The van der Waals surface area contributed by atoms with Crippen molar-refractivity contribution in [3.05, 3.63) is 0 Å². The first kappa shape index (κ1) is 13.3. The molecule has 2 fully saturated rings. The summed E-state index contributed by atoms with van der Waals surface area (Å²) in [5.74, 6) is 0.207. The molecule has 5 heteroatoms. The van der Waals surface area contributed by atoms with Gasteiger partial charge in [0.15, 0.2) is 0 Å². The van der Waals surface area contributed by atoms with Crippen molar-refractivity contribution in [2.75, 3.05) is 12.3 Å². The van der Waals surface area contributed by atoms with Crippen LogP contribution in [0.15, 0.2) is 0 Å². The Kier molecular flexibility index (Phi) is 4.10. The molecular formula is C12H24N2O2S. The molecule has 4 nitrogen and oxygen atoms in total. The molecule has 0 amide bonds. The van der Waals surface area contributed by atoms with Gasteiger partial charge in [-0.15, -0.1) is 0 Å². The molecule has 0 aromatic heterocycles. The molecule has 2 rings (SSSR count). The zero-order valence-corrected chi connectivity index (χ0v) is 11.5. The van der Waals surface area contributed by atoms with E-state index in [1.165, 1.54) is 19.3 Å². The molecule has 0 aliphatic heterocycles. The Morgan fingerprint density at radius 1 is 1.18 bits per heavy atom. The van der Waals surface area contributed by atoms with Crippen LogP contribution in [-0.2, 0) is 10.0 Å². The van der Waals surface area contributed by atoms with E-state index in [1.807, 2.05) is 6.92 Å². The first-order chi connectivity index (χ1) is 7.99. The van der Waals surface area contributed by atoms with E-state index in [1.54, 1.807) is 0 Å². The Morgan fingerprint density at radius 3 is 2.41 bits per heavy atom. The quantitative estimate of drug-likeness (QED) is 0.758. The van der Waals surface area contributed by atoms with Crippen molar-refractivity contribution in [2.24, 2.45) is 0 Å². The second-order valence-corrected chi connectivity index (χ2v) is 7.61. The second-order valence-electron chi connectivity index (χ2n) is 5.77. The van der Waals surface area contributed by atoms with Crippen molar-refractivity contribution in [3.63, 3.8) is 0 Å². The van der Waals surface area contributed by atoms with Gasteiger partial charge in [0.2, 0.25) is 10.0 Å². The van der Waals surface area contributed by atoms with Crippen molar-refractivity contribution >= 4 is 10.0 Å². The molecule has 2 aliphatic rings. The summed E-state index contributed by atoms with van der Waals surface area (Å²) in [6.07, 6.45) is 7.86. The lowest BCUT2D eigenvalue weighted by molar-refractivity contribution is 0.294. The maximum Gasteiger partial charge on any atom is 0.213 e. The molecule has 2 saturated carbocycles. The Morgan fingerprint density at radius 2 is 1.82 bits per heavy atom. The van der Waals surface area contributed by atoms with Crippen LogP contribution in [0.2, 0.25) is 0 Å². The predicted octanol–water partition coefficient (Wildman–Crippen LogP) is 1.38. The van der Waals surface area contributed by atoms with Gasteiger partial charge in [0.05, 0.1) is 5.75 Å². The lowest BCUT2D eigenvalue weighted by Crippen LogP contribution is -2.48. The number of hydrogen-bond acceptors (Lipinski definition) is 3. The number of sulfonamides is 1. The Labute approximate surface area is 105 Å². The summed E-state index contributed by atoms with van der Waals surface area (Å²) in [6, 6.07) is 0.579. The Balaban J connectivity index is 1.77. The van der Waals surface area contributed by atoms with Crippen LogP contribution in [0.3, 0.4) is 0 Å². The monoisotopic (exact) mass is 260 g/mol. The zero-order valence-electron chi connectivity index (χ0n) is 10.7. The summed E-state index contributed by atoms with van der Waals surface area (Å²) in [7, 11) is -3.12. The van der Waals surface area contributed by atoms with Gasteiger partial charge in [0, 0.05) is 18.1 Å². The molecule has 0 spiro atoms. The summed E-state index contributed by atoms with van der Waals surface area (Å²) in [4.78, 5) is 0. The smallest absolute Gasteiger partial charge is 0.213 e. The van der Waals surface area contributed by atoms with Crippen LogP contribution in [0.25, 0.3) is 0 Å². The lowest BCUT2D eigenvalue weighted by Gasteiger charge is -2.34. The predicted molar refractivity (Wildman–Crippen MR) is 69.4 cm³/mol. The van der Waals surface area contributed by atoms with Gasteiger partial charge in [0.25, 0.3) is 0 Å². The second kappa shape index (κ2) is 5.24. The van der Waals surface area contributed by atoms with Crippen LogP contribution in [0.1, 0.15) is 51.9 Å². The SMILES string of the molecule is CC1(NS(=O)(=O)CCNC2CC2)CCCCC1. The third kappa shape index (κ3) is 4.56. The molecule has 0 atom stereocenters. The van der Waals surface area contributed by atoms with Crippen molar-refractivity contribution in [1.29, 1.82) is 0 Å². The molecule has 17 heavy (non-hydrogen) atoms. The number of rotatable bonds is 6. The summed E-state index contributed by atoms with van der Waals surface area (Å²) in [5, 5.41) is 3.24. The van der Waals surface area contributed by atoms with Crippen LogP contribution in [0.5, 0.6) is 0 Å². The minimum absolute atomic E-state index is 0.198. The van der Waals surface area contributed by atoms with Crippen molar-refractivity contribution in [1.82, 2.24) is 10.0 Å². The van der Waals surface area contributed by atoms with Gasteiger partial charge in [-0.25, -0.2) is 13.1 Å². The lowest BCUT2D eigenvalue weighted by atomic mass is 9.84. The van der Waals surface area contributed by atoms with Gasteiger partial charge in [0.1, 0.15) is 0 Å². The molecular weight excluding hydrogens is 236 g/mol. The normalized spacial score (nSPS) is 24.8. The highest BCUT2D eigenvalue weighted by Crippen LogP contribution is 2.28. The average molecular weight is 260 g/mol. The summed E-state index contributed by atoms with van der Waals surface area (Å²) < 4.78 is 26.8. The van der Waals surface area contributed by atoms with E-state index < -0.39 is 10.0 Å². The largest absolute Gasteiger partial charge is 0.313 e. The van der Waals surface area contributed by atoms with E-state index in [0.717, 1.165) is 25.7 Å². The fourth-order valence-electron chi connectivity index (χ4n) is 2.55. The minimum atomic E-state index is -3.12. The molecule has 100 valence electrons. The molecule has 0 aromatic carbocycles. The highest BCUT2D eigenvalue weighted by Gasteiger charge is 2.31. The summed E-state index contributed by atoms with van der Waals surface area (Å²) in [5.41, 5.74) is -0.198. The van der Waals surface area contributed by atoms with E-state index in [-0.39, 0.29) is 11.3 Å². The fraction of sp³-hybridized carbons (Fsp3) is 1.00. The van der Waals surface area contributed by atoms with Crippen molar-refractivity contribution < 1.29 is 8.42 Å². The van der Waals surface area contributed by atoms with Crippen LogP contribution in [0.4, 0.5) is 0 Å². The van der Waals surface area contributed by atoms with Crippen LogP contribution >= 0.6 is 0 Å². The van der Waals surface area contributed by atoms with E-state index in [9.17, 15) is 8.42 Å². The molecule has 0 saturated heterocycles. The molecule has 0 radical (unpaired) electrons. The standard InChI is InChI=1S/C12H24N2O2S/c1-12(7-3-2-4-8-12)14-17(15,16)10-9-13-11-5-6-11/h11,13-14H,2-10H2,1H3. The molecule has 0 bridgehead atoms. The van der Waals surface area contributed by atoms with Gasteiger partial charge >= 0.3 is 0 Å². The third-order valence-electron chi connectivity index (χ3n) is 3.74. The van der Waals surface area contributed by atoms with Crippen molar-refractivity contribution in [2.45, 2.75) is 63.5 Å². The maximum absolute atomic E-state index is 12.0. The number of hydrogen-bond donors (Lipinski definition) is 2. The van der Waals surface area contributed by atoms with Gasteiger partial charge in [-0.3, -0.25) is 0 Å². The first-order valence-electron chi connectivity index (χ1n) is 6.74. The molecule has 0 unspecified atom stereocenters. The van der Waals surface area contributed by atoms with E-state index in [2.05, 4.69) is 10.0 Å². The molecule has 2 N–H and O–H groups in total.